The van der Waals surface area contributed by atoms with Crippen LogP contribution in [0.5, 0.6) is 0 Å². The zero-order valence-electron chi connectivity index (χ0n) is 22.2. The normalized spacial score (nSPS) is 16.7. The summed E-state index contributed by atoms with van der Waals surface area (Å²) in [6.45, 7) is 8.07. The number of piperidine rings is 1. The van der Waals surface area contributed by atoms with Gasteiger partial charge in [0.2, 0.25) is 11.9 Å². The van der Waals surface area contributed by atoms with Gasteiger partial charge in [0.1, 0.15) is 5.69 Å². The number of carbonyl (C=O) groups excluding carboxylic acids is 1. The Morgan fingerprint density at radius 3 is 2.64 bits per heavy atom. The lowest BCUT2D eigenvalue weighted by molar-refractivity contribution is -0.136. The minimum atomic E-state index is 0.167. The number of nitrogens with one attached hydrogen (secondary N) is 2. The second-order valence-corrected chi connectivity index (χ2v) is 10.1. The molecule has 0 spiro atoms. The number of rotatable bonds is 6. The van der Waals surface area contributed by atoms with Crippen molar-refractivity contribution in [3.05, 3.63) is 41.9 Å². The lowest BCUT2D eigenvalue weighted by Gasteiger charge is -2.47. The second-order valence-electron chi connectivity index (χ2n) is 10.1. The molecule has 5 heterocycles. The Balaban J connectivity index is 1.23. The largest absolute Gasteiger partial charge is 0.367 e. The summed E-state index contributed by atoms with van der Waals surface area (Å²) in [6.07, 6.45) is 17.4. The Morgan fingerprint density at radius 2 is 1.95 bits per heavy atom. The number of fused-ring (bicyclic) bond motifs is 2. The molecule has 10 heteroatoms. The third-order valence-corrected chi connectivity index (χ3v) is 7.82. The number of anilines is 3. The van der Waals surface area contributed by atoms with E-state index in [0.717, 1.165) is 61.2 Å². The molecule has 39 heavy (non-hydrogen) atoms. The topological polar surface area (TPSA) is 95.6 Å². The highest BCUT2D eigenvalue weighted by Crippen LogP contribution is 2.33. The third kappa shape index (κ3) is 4.43. The number of benzene rings is 1. The van der Waals surface area contributed by atoms with Gasteiger partial charge in [-0.2, -0.15) is 9.50 Å². The summed E-state index contributed by atoms with van der Waals surface area (Å²) in [5, 5.41) is 12.1. The Morgan fingerprint density at radius 1 is 1.15 bits per heavy atom. The fourth-order valence-electron chi connectivity index (χ4n) is 5.67. The van der Waals surface area contributed by atoms with E-state index < -0.39 is 0 Å². The van der Waals surface area contributed by atoms with Gasteiger partial charge >= 0.3 is 0 Å². The molecule has 2 aliphatic heterocycles. The van der Waals surface area contributed by atoms with Crippen molar-refractivity contribution >= 4 is 39.9 Å². The van der Waals surface area contributed by atoms with E-state index in [1.807, 2.05) is 17.9 Å². The fourth-order valence-corrected chi connectivity index (χ4v) is 5.67. The van der Waals surface area contributed by atoms with E-state index in [9.17, 15) is 4.79 Å². The van der Waals surface area contributed by atoms with Gasteiger partial charge in [0.25, 0.3) is 0 Å². The van der Waals surface area contributed by atoms with Crippen molar-refractivity contribution in [1.29, 1.82) is 0 Å². The van der Waals surface area contributed by atoms with E-state index in [4.69, 9.17) is 12.8 Å². The van der Waals surface area contributed by atoms with Gasteiger partial charge in [-0.25, -0.2) is 4.98 Å². The lowest BCUT2D eigenvalue weighted by atomic mass is 9.99. The van der Waals surface area contributed by atoms with Gasteiger partial charge in [-0.15, -0.1) is 17.9 Å². The fraction of sp³-hybridized carbons (Fsp3) is 0.379. The molecule has 0 radical (unpaired) electrons. The van der Waals surface area contributed by atoms with E-state index in [-0.39, 0.29) is 5.91 Å². The van der Waals surface area contributed by atoms with Crippen LogP contribution < -0.4 is 10.6 Å². The monoisotopic (exact) mass is 521 g/mol. The highest BCUT2D eigenvalue weighted by Gasteiger charge is 2.35. The number of nitrogens with zero attached hydrogens (tertiary/aromatic N) is 7. The number of hydrogen-bond donors (Lipinski definition) is 2. The Kier molecular flexibility index (Phi) is 6.34. The van der Waals surface area contributed by atoms with Gasteiger partial charge in [0, 0.05) is 80.1 Å². The molecule has 2 fully saturated rings. The van der Waals surface area contributed by atoms with Crippen LogP contribution in [0.4, 0.5) is 17.5 Å². The molecule has 10 nitrogen and oxygen atoms in total. The zero-order chi connectivity index (χ0) is 27.1. The number of hydrogen-bond acceptors (Lipinski definition) is 7. The summed E-state index contributed by atoms with van der Waals surface area (Å²) in [7, 11) is 0. The maximum Gasteiger partial charge on any atom is 0.247 e. The molecule has 0 bridgehead atoms. The van der Waals surface area contributed by atoms with Gasteiger partial charge in [-0.1, -0.05) is 5.92 Å². The van der Waals surface area contributed by atoms with E-state index >= 15 is 0 Å². The minimum Gasteiger partial charge on any atom is -0.367 e. The molecule has 6 rings (SSSR count). The number of aromatic nitrogens is 5. The van der Waals surface area contributed by atoms with Crippen LogP contribution in [-0.2, 0) is 4.79 Å². The number of imidazole rings is 1. The molecule has 0 atom stereocenters. The van der Waals surface area contributed by atoms with Crippen molar-refractivity contribution in [2.75, 3.05) is 43.4 Å². The molecule has 0 saturated carbocycles. The van der Waals surface area contributed by atoms with E-state index in [1.54, 1.807) is 17.6 Å². The molecule has 1 aromatic carbocycles. The first-order valence-corrected chi connectivity index (χ1v) is 13.3. The zero-order valence-corrected chi connectivity index (χ0v) is 22.2. The molecule has 1 amide bonds. The predicted octanol–water partition coefficient (Wildman–Crippen LogP) is 3.08. The summed E-state index contributed by atoms with van der Waals surface area (Å²) in [5.74, 6) is 6.66. The van der Waals surface area contributed by atoms with Crippen molar-refractivity contribution in [2.45, 2.75) is 38.8 Å². The Hall–Kier alpha value is -4.54. The molecule has 2 aliphatic rings. The van der Waals surface area contributed by atoms with E-state index in [1.165, 1.54) is 0 Å². The summed E-state index contributed by atoms with van der Waals surface area (Å²) < 4.78 is 3.95. The molecule has 3 aromatic heterocycles. The molecule has 2 N–H and O–H groups in total. The maximum atomic E-state index is 11.5. The maximum absolute atomic E-state index is 11.5. The van der Waals surface area contributed by atoms with Gasteiger partial charge < -0.3 is 20.1 Å². The lowest BCUT2D eigenvalue weighted by Crippen LogP contribution is -2.61. The molecule has 198 valence electrons. The molecule has 0 aliphatic carbocycles. The van der Waals surface area contributed by atoms with Crippen molar-refractivity contribution in [3.63, 3.8) is 0 Å². The quantitative estimate of drug-likeness (QED) is 0.377. The Labute approximate surface area is 227 Å². The van der Waals surface area contributed by atoms with Gasteiger partial charge in [-0.3, -0.25) is 9.69 Å². The standard InChI is InChI=1S/C29H31N9O/c1-5-20-16-37(23-10-12-35(13-11-23)24-17-36(18-24)19(4)39)26-9-8-21(14-25(20)26)32-29-33-27(30-7-3)28-31-15-22(6-2)38(28)34-29/h1-2,8-9,14-16,23-24H,7,10-13,17-18H2,3-4H3,(H2,30,32,33,34). The summed E-state index contributed by atoms with van der Waals surface area (Å²) >= 11 is 0. The molecule has 2 saturated heterocycles. The number of terminal acetylenes is 2. The van der Waals surface area contributed by atoms with Crippen LogP contribution in [0.25, 0.3) is 16.6 Å². The predicted molar refractivity (Wildman–Crippen MR) is 152 cm³/mol. The van der Waals surface area contributed by atoms with Crippen LogP contribution >= 0.6 is 0 Å². The van der Waals surface area contributed by atoms with E-state index in [0.29, 0.717) is 41.7 Å². The summed E-state index contributed by atoms with van der Waals surface area (Å²) in [5.41, 5.74) is 3.94. The SMILES string of the molecule is C#Cc1cn(C2CCN(C3CN(C(C)=O)C3)CC2)c2ccc(Nc3nc(NCC)c4ncc(C#C)n4n3)cc12. The van der Waals surface area contributed by atoms with Gasteiger partial charge in [0.05, 0.1) is 6.20 Å². The number of carbonyl (C=O) groups is 1. The van der Waals surface area contributed by atoms with Crippen molar-refractivity contribution in [2.24, 2.45) is 0 Å². The van der Waals surface area contributed by atoms with Crippen molar-refractivity contribution in [3.8, 4) is 24.7 Å². The van der Waals surface area contributed by atoms with Gasteiger partial charge in [-0.05, 0) is 43.9 Å². The summed E-state index contributed by atoms with van der Waals surface area (Å²) in [4.78, 5) is 25.0. The second kappa shape index (κ2) is 9.97. The van der Waals surface area contributed by atoms with Crippen LogP contribution in [0.15, 0.2) is 30.6 Å². The Bertz CT molecular complexity index is 1640. The van der Waals surface area contributed by atoms with Crippen LogP contribution in [0, 0.1) is 24.7 Å². The first kappa shape index (κ1) is 24.8. The molecule has 0 unspecified atom stereocenters. The highest BCUT2D eigenvalue weighted by molar-refractivity contribution is 5.90. The molecule has 4 aromatic rings. The van der Waals surface area contributed by atoms with Crippen LogP contribution in [0.1, 0.15) is 44.0 Å². The van der Waals surface area contributed by atoms with Crippen molar-refractivity contribution in [1.82, 2.24) is 33.9 Å². The smallest absolute Gasteiger partial charge is 0.247 e. The van der Waals surface area contributed by atoms with E-state index in [2.05, 4.69) is 65.3 Å². The van der Waals surface area contributed by atoms with Crippen LogP contribution in [-0.4, -0.2) is 78.6 Å². The minimum absolute atomic E-state index is 0.167. The van der Waals surface area contributed by atoms with Crippen molar-refractivity contribution < 1.29 is 4.79 Å². The summed E-state index contributed by atoms with van der Waals surface area (Å²) in [6, 6.07) is 7.05. The average molecular weight is 522 g/mol. The average Bonchev–Trinajstić information content (AvgIpc) is 3.49. The first-order chi connectivity index (χ1) is 19.0. The highest BCUT2D eigenvalue weighted by atomic mass is 16.2. The number of amides is 1. The van der Waals surface area contributed by atoms with Crippen LogP contribution in [0.3, 0.4) is 0 Å². The molecular weight excluding hydrogens is 490 g/mol. The van der Waals surface area contributed by atoms with Gasteiger partial charge in [0.15, 0.2) is 11.5 Å². The van der Waals surface area contributed by atoms with Crippen LogP contribution in [0.2, 0.25) is 0 Å². The molecular formula is C29H31N9O. The number of likely N-dealkylation sites (tertiary alicyclic amines) is 2. The first-order valence-electron chi connectivity index (χ1n) is 13.3. The third-order valence-electron chi connectivity index (χ3n) is 7.82.